The molecule has 0 radical (unpaired) electrons. The molecule has 0 heterocycles. The van der Waals surface area contributed by atoms with Crippen LogP contribution in [0.15, 0.2) is 30.3 Å². The predicted octanol–water partition coefficient (Wildman–Crippen LogP) is 0.235. The number of benzene rings is 1. The first-order valence-electron chi connectivity index (χ1n) is 4.67. The molecule has 0 amide bonds. The average molecular weight is 195 g/mol. The van der Waals surface area contributed by atoms with E-state index in [-0.39, 0.29) is 19.2 Å². The molecule has 0 atom stereocenters. The zero-order chi connectivity index (χ0) is 8.65. The first-order chi connectivity index (χ1) is 5.93. The maximum absolute atomic E-state index is 5.57. The van der Waals surface area contributed by atoms with Crippen molar-refractivity contribution in [3.63, 3.8) is 0 Å². The Balaban J connectivity index is 2.16. The number of rotatable bonds is 5. The van der Waals surface area contributed by atoms with Gasteiger partial charge in [0.15, 0.2) is 0 Å². The summed E-state index contributed by atoms with van der Waals surface area (Å²) in [6, 6.07) is 15.0. The van der Waals surface area contributed by atoms with Crippen molar-refractivity contribution in [2.24, 2.45) is 5.40 Å². The van der Waals surface area contributed by atoms with Crippen LogP contribution in [0.5, 0.6) is 0 Å². The van der Waals surface area contributed by atoms with Crippen LogP contribution in [0, 0.1) is 0 Å². The minimum atomic E-state index is -0.151. The second-order valence-corrected chi connectivity index (χ2v) is 6.28. The summed E-state index contributed by atoms with van der Waals surface area (Å²) in [4.78, 5) is 0. The topological polar surface area (TPSA) is 26.0 Å². The van der Waals surface area contributed by atoms with Gasteiger partial charge >= 0.3 is 0 Å². The minimum absolute atomic E-state index is 0.151. The van der Waals surface area contributed by atoms with E-state index in [4.69, 9.17) is 5.40 Å². The molecule has 12 heavy (non-hydrogen) atoms. The molecular formula is C9H17NSi2. The molecule has 0 spiro atoms. The van der Waals surface area contributed by atoms with Gasteiger partial charge in [-0.2, -0.15) is 0 Å². The van der Waals surface area contributed by atoms with Gasteiger partial charge in [-0.25, -0.2) is 0 Å². The van der Waals surface area contributed by atoms with Crippen LogP contribution in [0.4, 0.5) is 0 Å². The third-order valence-corrected chi connectivity index (χ3v) is 5.85. The van der Waals surface area contributed by atoms with Gasteiger partial charge in [0.05, 0.1) is 9.68 Å². The van der Waals surface area contributed by atoms with E-state index in [0.29, 0.717) is 0 Å². The van der Waals surface area contributed by atoms with Gasteiger partial charge in [-0.05, 0) is 6.04 Å². The molecule has 2 N–H and O–H groups in total. The van der Waals surface area contributed by atoms with E-state index < -0.39 is 0 Å². The third-order valence-electron chi connectivity index (χ3n) is 2.01. The van der Waals surface area contributed by atoms with Crippen LogP contribution in [0.3, 0.4) is 0 Å². The highest BCUT2D eigenvalue weighted by atomic mass is 28.2. The fourth-order valence-electron chi connectivity index (χ4n) is 1.29. The van der Waals surface area contributed by atoms with Gasteiger partial charge in [-0.1, -0.05) is 48.0 Å². The van der Waals surface area contributed by atoms with Crippen molar-refractivity contribution >= 4 is 19.2 Å². The van der Waals surface area contributed by atoms with Gasteiger partial charge in [-0.15, -0.1) is 0 Å². The van der Waals surface area contributed by atoms with E-state index in [1.807, 2.05) is 0 Å². The summed E-state index contributed by atoms with van der Waals surface area (Å²) in [6.07, 6.45) is 0. The maximum Gasteiger partial charge on any atom is 0.0884 e. The first kappa shape index (κ1) is 9.70. The zero-order valence-electron chi connectivity index (χ0n) is 7.50. The summed E-state index contributed by atoms with van der Waals surface area (Å²) in [5, 5.41) is 5.57. The van der Waals surface area contributed by atoms with Gasteiger partial charge in [0, 0.05) is 9.52 Å². The lowest BCUT2D eigenvalue weighted by Crippen LogP contribution is -2.05. The number of nitrogens with two attached hydrogens (primary N) is 1. The van der Waals surface area contributed by atoms with Crippen LogP contribution in [0.1, 0.15) is 5.56 Å². The highest BCUT2D eigenvalue weighted by molar-refractivity contribution is 6.39. The standard InChI is InChI=1S/C9H17NSi2/c10-12-7-6-11-8-9-4-2-1-3-5-9/h1-5H,6-8,10-12H2. The first-order valence-corrected chi connectivity index (χ1v) is 8.49. The molecule has 0 saturated carbocycles. The molecular weight excluding hydrogens is 178 g/mol. The van der Waals surface area contributed by atoms with Crippen LogP contribution < -0.4 is 5.40 Å². The maximum atomic E-state index is 5.57. The molecule has 0 bridgehead atoms. The molecule has 0 saturated heterocycles. The Kier molecular flexibility index (Phi) is 4.98. The molecule has 0 aromatic heterocycles. The minimum Gasteiger partial charge on any atom is -0.356 e. The summed E-state index contributed by atoms with van der Waals surface area (Å²) < 4.78 is 0. The molecule has 66 valence electrons. The van der Waals surface area contributed by atoms with Gasteiger partial charge in [0.2, 0.25) is 0 Å². The lowest BCUT2D eigenvalue weighted by atomic mass is 10.2. The smallest absolute Gasteiger partial charge is 0.0884 e. The van der Waals surface area contributed by atoms with E-state index in [0.717, 1.165) is 0 Å². The summed E-state index contributed by atoms with van der Waals surface area (Å²) in [7, 11) is 0.00531. The van der Waals surface area contributed by atoms with Crippen molar-refractivity contribution in [2.45, 2.75) is 18.1 Å². The Hall–Kier alpha value is -0.386. The fraction of sp³-hybridized carbons (Fsp3) is 0.333. The second kappa shape index (κ2) is 6.17. The van der Waals surface area contributed by atoms with E-state index in [9.17, 15) is 0 Å². The third kappa shape index (κ3) is 3.85. The van der Waals surface area contributed by atoms with Crippen LogP contribution in [-0.4, -0.2) is 19.2 Å². The summed E-state index contributed by atoms with van der Waals surface area (Å²) >= 11 is 0. The van der Waals surface area contributed by atoms with Crippen molar-refractivity contribution in [3.8, 4) is 0 Å². The lowest BCUT2D eigenvalue weighted by molar-refractivity contribution is 1.31. The second-order valence-electron chi connectivity index (χ2n) is 3.08. The Bertz CT molecular complexity index is 201. The fourth-order valence-corrected chi connectivity index (χ4v) is 4.86. The predicted molar refractivity (Wildman–Crippen MR) is 61.0 cm³/mol. The van der Waals surface area contributed by atoms with Crippen molar-refractivity contribution in [1.82, 2.24) is 0 Å². The van der Waals surface area contributed by atoms with Gasteiger partial charge in [0.25, 0.3) is 0 Å². The summed E-state index contributed by atoms with van der Waals surface area (Å²) in [5.41, 5.74) is 1.52. The Morgan fingerprint density at radius 2 is 1.83 bits per heavy atom. The van der Waals surface area contributed by atoms with E-state index in [2.05, 4.69) is 30.3 Å². The van der Waals surface area contributed by atoms with E-state index in [1.165, 1.54) is 23.7 Å². The number of hydrogen-bond donors (Lipinski definition) is 1. The molecule has 1 aromatic rings. The van der Waals surface area contributed by atoms with Crippen molar-refractivity contribution in [2.75, 3.05) is 0 Å². The zero-order valence-corrected chi connectivity index (χ0v) is 10.3. The quantitative estimate of drug-likeness (QED) is 0.528. The van der Waals surface area contributed by atoms with Crippen LogP contribution >= 0.6 is 0 Å². The Labute approximate surface area is 79.1 Å². The molecule has 0 aliphatic rings. The SMILES string of the molecule is N[SiH2]CC[SiH2]Cc1ccccc1. The van der Waals surface area contributed by atoms with Crippen molar-refractivity contribution in [1.29, 1.82) is 0 Å². The van der Waals surface area contributed by atoms with Crippen molar-refractivity contribution < 1.29 is 0 Å². The number of hydrogen-bond acceptors (Lipinski definition) is 1. The Morgan fingerprint density at radius 3 is 2.50 bits per heavy atom. The summed E-state index contributed by atoms with van der Waals surface area (Å²) in [5.74, 6) is 0. The van der Waals surface area contributed by atoms with Crippen LogP contribution in [0.25, 0.3) is 0 Å². The monoisotopic (exact) mass is 195 g/mol. The molecule has 0 fully saturated rings. The molecule has 0 aliphatic heterocycles. The molecule has 1 aromatic carbocycles. The molecule has 0 aliphatic carbocycles. The van der Waals surface area contributed by atoms with Crippen LogP contribution in [0.2, 0.25) is 12.1 Å². The molecule has 1 rings (SSSR count). The van der Waals surface area contributed by atoms with Crippen molar-refractivity contribution in [3.05, 3.63) is 35.9 Å². The van der Waals surface area contributed by atoms with E-state index >= 15 is 0 Å². The van der Waals surface area contributed by atoms with Gasteiger partial charge in [-0.3, -0.25) is 0 Å². The lowest BCUT2D eigenvalue weighted by Gasteiger charge is -1.98. The highest BCUT2D eigenvalue weighted by Gasteiger charge is 1.91. The van der Waals surface area contributed by atoms with Gasteiger partial charge < -0.3 is 5.40 Å². The van der Waals surface area contributed by atoms with Gasteiger partial charge in [0.1, 0.15) is 0 Å². The molecule has 3 heteroatoms. The highest BCUT2D eigenvalue weighted by Crippen LogP contribution is 2.00. The Morgan fingerprint density at radius 1 is 1.08 bits per heavy atom. The normalized spacial score (nSPS) is 12.1. The molecule has 1 nitrogen and oxygen atoms in total. The van der Waals surface area contributed by atoms with E-state index in [1.54, 1.807) is 0 Å². The van der Waals surface area contributed by atoms with Crippen LogP contribution in [-0.2, 0) is 6.04 Å². The average Bonchev–Trinajstić information content (AvgIpc) is 2.14. The summed E-state index contributed by atoms with van der Waals surface area (Å²) in [6.45, 7) is 0. The molecule has 0 unspecified atom stereocenters. The largest absolute Gasteiger partial charge is 0.356 e.